The summed E-state index contributed by atoms with van der Waals surface area (Å²) < 4.78 is 6.28. The molecule has 2 rings (SSSR count). The van der Waals surface area contributed by atoms with E-state index in [-0.39, 0.29) is 25.9 Å². The van der Waals surface area contributed by atoms with E-state index in [1.165, 1.54) is 0 Å². The topological polar surface area (TPSA) is 116 Å². The molecule has 1 aromatic rings. The molecule has 1 saturated heterocycles. The van der Waals surface area contributed by atoms with Crippen molar-refractivity contribution >= 4 is 40.6 Å². The molecule has 1 amide bonds. The van der Waals surface area contributed by atoms with Crippen LogP contribution in [0.3, 0.4) is 0 Å². The van der Waals surface area contributed by atoms with Crippen molar-refractivity contribution in [1.29, 1.82) is 0 Å². The molecule has 1 aliphatic rings. The molecule has 0 bridgehead atoms. The van der Waals surface area contributed by atoms with Gasteiger partial charge in [0, 0.05) is 22.6 Å². The standard InChI is InChI=1S/C22H31IN2O6/c1-6-16-21(17(26)27,24-19(30)31-20(3,4)5)13-25(22(16,7-2)18(28)29)12-14-10-8-9-11-15(14)23/h8-11,16H,6-7,12-13H2,1-5H3,(H,24,30)(H,26,27)(H,28,29)/t16?,21-,22+/m0/s1. The maximum Gasteiger partial charge on any atom is 0.408 e. The van der Waals surface area contributed by atoms with E-state index in [1.807, 2.05) is 24.3 Å². The predicted molar refractivity (Wildman–Crippen MR) is 124 cm³/mol. The quantitative estimate of drug-likeness (QED) is 0.447. The number of hydrogen-bond donors (Lipinski definition) is 3. The maximum atomic E-state index is 12.7. The number of likely N-dealkylation sites (tertiary alicyclic amines) is 1. The van der Waals surface area contributed by atoms with Crippen LogP contribution in [0.2, 0.25) is 0 Å². The van der Waals surface area contributed by atoms with Crippen molar-refractivity contribution in [3.63, 3.8) is 0 Å². The van der Waals surface area contributed by atoms with E-state index in [0.29, 0.717) is 0 Å². The van der Waals surface area contributed by atoms with Crippen LogP contribution in [0.4, 0.5) is 4.79 Å². The normalized spacial score (nSPS) is 26.5. The van der Waals surface area contributed by atoms with Gasteiger partial charge in [0.15, 0.2) is 5.54 Å². The number of hydrogen-bond acceptors (Lipinski definition) is 5. The molecule has 0 saturated carbocycles. The molecule has 1 aromatic carbocycles. The molecule has 3 atom stereocenters. The highest BCUT2D eigenvalue weighted by atomic mass is 127. The van der Waals surface area contributed by atoms with Crippen molar-refractivity contribution < 1.29 is 29.3 Å². The van der Waals surface area contributed by atoms with E-state index in [0.717, 1.165) is 9.13 Å². The van der Waals surface area contributed by atoms with Crippen molar-refractivity contribution in [3.8, 4) is 0 Å². The largest absolute Gasteiger partial charge is 0.480 e. The number of aliphatic carboxylic acids is 2. The first-order valence-corrected chi connectivity index (χ1v) is 11.4. The third-order valence-corrected chi connectivity index (χ3v) is 6.97. The van der Waals surface area contributed by atoms with Gasteiger partial charge in [-0.05, 0) is 67.8 Å². The lowest BCUT2D eigenvalue weighted by Gasteiger charge is -2.39. The van der Waals surface area contributed by atoms with E-state index >= 15 is 0 Å². The molecule has 172 valence electrons. The van der Waals surface area contributed by atoms with Gasteiger partial charge in [-0.15, -0.1) is 0 Å². The van der Waals surface area contributed by atoms with Crippen LogP contribution in [0.5, 0.6) is 0 Å². The van der Waals surface area contributed by atoms with Gasteiger partial charge in [0.25, 0.3) is 0 Å². The summed E-state index contributed by atoms with van der Waals surface area (Å²) in [7, 11) is 0. The lowest BCUT2D eigenvalue weighted by Crippen LogP contribution is -2.63. The Morgan fingerprint density at radius 1 is 1.19 bits per heavy atom. The summed E-state index contributed by atoms with van der Waals surface area (Å²) >= 11 is 2.18. The van der Waals surface area contributed by atoms with Crippen LogP contribution in [0.25, 0.3) is 0 Å². The van der Waals surface area contributed by atoms with Crippen LogP contribution in [0.1, 0.15) is 53.0 Å². The van der Waals surface area contributed by atoms with Gasteiger partial charge in [-0.1, -0.05) is 32.0 Å². The second-order valence-corrected chi connectivity index (χ2v) is 10.1. The fourth-order valence-corrected chi connectivity index (χ4v) is 5.24. The van der Waals surface area contributed by atoms with E-state index in [2.05, 4.69) is 27.9 Å². The maximum absolute atomic E-state index is 12.7. The minimum absolute atomic E-state index is 0.148. The Morgan fingerprint density at radius 2 is 1.81 bits per heavy atom. The minimum atomic E-state index is -1.80. The highest BCUT2D eigenvalue weighted by molar-refractivity contribution is 14.1. The number of benzene rings is 1. The molecule has 0 aliphatic carbocycles. The smallest absolute Gasteiger partial charge is 0.408 e. The van der Waals surface area contributed by atoms with Gasteiger partial charge in [0.2, 0.25) is 0 Å². The second kappa shape index (κ2) is 9.32. The monoisotopic (exact) mass is 546 g/mol. The number of ether oxygens (including phenoxy) is 1. The number of halogens is 1. The highest BCUT2D eigenvalue weighted by Crippen LogP contribution is 2.47. The van der Waals surface area contributed by atoms with Gasteiger partial charge in [0.05, 0.1) is 0 Å². The zero-order valence-electron chi connectivity index (χ0n) is 18.6. The van der Waals surface area contributed by atoms with Gasteiger partial charge in [-0.25, -0.2) is 9.59 Å². The summed E-state index contributed by atoms with van der Waals surface area (Å²) in [5, 5.41) is 23.2. The molecule has 31 heavy (non-hydrogen) atoms. The van der Waals surface area contributed by atoms with E-state index in [1.54, 1.807) is 39.5 Å². The van der Waals surface area contributed by atoms with Crippen LogP contribution >= 0.6 is 22.6 Å². The summed E-state index contributed by atoms with van der Waals surface area (Å²) in [5.74, 6) is -3.23. The Hall–Kier alpha value is -1.88. The molecule has 1 heterocycles. The first-order chi connectivity index (χ1) is 14.3. The lowest BCUT2D eigenvalue weighted by atomic mass is 9.72. The van der Waals surface area contributed by atoms with Gasteiger partial charge in [-0.2, -0.15) is 0 Å². The average Bonchev–Trinajstić information content (AvgIpc) is 2.92. The van der Waals surface area contributed by atoms with Crippen molar-refractivity contribution in [2.75, 3.05) is 6.54 Å². The van der Waals surface area contributed by atoms with Crippen LogP contribution in [-0.4, -0.2) is 56.4 Å². The van der Waals surface area contributed by atoms with Crippen molar-refractivity contribution in [2.24, 2.45) is 5.92 Å². The van der Waals surface area contributed by atoms with Gasteiger partial charge >= 0.3 is 18.0 Å². The summed E-state index contributed by atoms with van der Waals surface area (Å²) in [5.41, 5.74) is -3.18. The van der Waals surface area contributed by atoms with Crippen molar-refractivity contribution in [2.45, 2.75) is 70.7 Å². The number of amides is 1. The minimum Gasteiger partial charge on any atom is -0.480 e. The van der Waals surface area contributed by atoms with Gasteiger partial charge in [-0.3, -0.25) is 9.69 Å². The number of carbonyl (C=O) groups is 3. The zero-order valence-corrected chi connectivity index (χ0v) is 20.7. The molecule has 0 spiro atoms. The third-order valence-electron chi connectivity index (χ3n) is 5.92. The van der Waals surface area contributed by atoms with E-state index < -0.39 is 40.6 Å². The number of nitrogens with one attached hydrogen (secondary N) is 1. The predicted octanol–water partition coefficient (Wildman–Crippen LogP) is 3.71. The SMILES string of the molecule is CCC1[C@](CC)(C(=O)O)N(Cc2ccccc2I)C[C@@]1(NC(=O)OC(C)(C)C)C(=O)O. The van der Waals surface area contributed by atoms with E-state index in [9.17, 15) is 24.6 Å². The Balaban J connectivity index is 2.58. The first kappa shape index (κ1) is 25.4. The van der Waals surface area contributed by atoms with Crippen LogP contribution in [-0.2, 0) is 20.9 Å². The highest BCUT2D eigenvalue weighted by Gasteiger charge is 2.67. The number of rotatable bonds is 7. The molecule has 1 unspecified atom stereocenters. The fourth-order valence-electron chi connectivity index (χ4n) is 4.68. The number of nitrogens with zero attached hydrogens (tertiary/aromatic N) is 1. The number of carboxylic acid groups (broad SMARTS) is 2. The summed E-state index contributed by atoms with van der Waals surface area (Å²) in [6.07, 6.45) is -0.431. The molecule has 0 radical (unpaired) electrons. The molecule has 1 aliphatic heterocycles. The molecular formula is C22H31IN2O6. The third kappa shape index (κ3) is 4.82. The molecule has 3 N–H and O–H groups in total. The Bertz CT molecular complexity index is 855. The Morgan fingerprint density at radius 3 is 2.26 bits per heavy atom. The number of carboxylic acids is 2. The first-order valence-electron chi connectivity index (χ1n) is 10.3. The number of alkyl carbamates (subject to hydrolysis) is 1. The van der Waals surface area contributed by atoms with E-state index in [4.69, 9.17) is 4.74 Å². The van der Waals surface area contributed by atoms with Gasteiger partial charge < -0.3 is 20.3 Å². The lowest BCUT2D eigenvalue weighted by molar-refractivity contribution is -0.154. The van der Waals surface area contributed by atoms with Crippen LogP contribution in [0.15, 0.2) is 24.3 Å². The summed E-state index contributed by atoms with van der Waals surface area (Å²) in [6, 6.07) is 7.57. The Kier molecular flexibility index (Phi) is 7.63. The Labute approximate surface area is 196 Å². The van der Waals surface area contributed by atoms with Crippen molar-refractivity contribution in [3.05, 3.63) is 33.4 Å². The molecule has 9 heteroatoms. The van der Waals surface area contributed by atoms with Crippen molar-refractivity contribution in [1.82, 2.24) is 10.2 Å². The van der Waals surface area contributed by atoms with Crippen LogP contribution < -0.4 is 5.32 Å². The van der Waals surface area contributed by atoms with Gasteiger partial charge in [0.1, 0.15) is 11.1 Å². The second-order valence-electron chi connectivity index (χ2n) is 8.89. The average molecular weight is 546 g/mol. The van der Waals surface area contributed by atoms with Crippen LogP contribution in [0, 0.1) is 9.49 Å². The zero-order chi connectivity index (χ0) is 23.6. The molecule has 8 nitrogen and oxygen atoms in total. The molecule has 1 fully saturated rings. The fraction of sp³-hybridized carbons (Fsp3) is 0.591. The molecule has 0 aromatic heterocycles. The number of carbonyl (C=O) groups excluding carboxylic acids is 1. The molecular weight excluding hydrogens is 515 g/mol. The summed E-state index contributed by atoms with van der Waals surface area (Å²) in [6.45, 7) is 8.65. The summed E-state index contributed by atoms with van der Waals surface area (Å²) in [4.78, 5) is 39.5.